The molecule has 20 heavy (non-hydrogen) atoms. The van der Waals surface area contributed by atoms with E-state index in [-0.39, 0.29) is 6.01 Å². The number of aromatic nitrogens is 3. The zero-order chi connectivity index (χ0) is 13.8. The molecule has 0 saturated carbocycles. The summed E-state index contributed by atoms with van der Waals surface area (Å²) in [6.07, 6.45) is 3.50. The van der Waals surface area contributed by atoms with Crippen LogP contribution in [0.4, 0.5) is 6.01 Å². The lowest BCUT2D eigenvalue weighted by Crippen LogP contribution is -1.95. The number of hydrogen-bond acceptors (Lipinski definition) is 6. The first-order chi connectivity index (χ1) is 9.81. The van der Waals surface area contributed by atoms with Crippen LogP contribution in [-0.4, -0.2) is 15.2 Å². The average Bonchev–Trinajstić information content (AvgIpc) is 2.93. The Bertz CT molecular complexity index is 680. The number of ether oxygens (including phenoxy) is 1. The Morgan fingerprint density at radius 2 is 1.95 bits per heavy atom. The first kappa shape index (κ1) is 12.2. The van der Waals surface area contributed by atoms with Gasteiger partial charge in [-0.2, -0.15) is 0 Å². The number of nitrogens with two attached hydrogens (primary N) is 1. The van der Waals surface area contributed by atoms with Gasteiger partial charge in [-0.25, -0.2) is 0 Å². The smallest absolute Gasteiger partial charge is 0.313 e. The molecule has 0 amide bonds. The van der Waals surface area contributed by atoms with Crippen LogP contribution in [0.5, 0.6) is 5.75 Å². The number of benzene rings is 1. The minimum absolute atomic E-state index is 0.0527. The molecule has 0 aliphatic carbocycles. The number of hydrogen-bond donors (Lipinski definition) is 1. The number of pyridine rings is 1. The monoisotopic (exact) mass is 268 g/mol. The second-order valence-electron chi connectivity index (χ2n) is 4.12. The van der Waals surface area contributed by atoms with Crippen molar-refractivity contribution in [3.05, 3.63) is 54.4 Å². The van der Waals surface area contributed by atoms with E-state index in [1.807, 2.05) is 36.4 Å². The molecule has 0 unspecified atom stereocenters. The first-order valence-electron chi connectivity index (χ1n) is 6.02. The molecular formula is C14H12N4O2. The van der Waals surface area contributed by atoms with Crippen LogP contribution in [0.25, 0.3) is 11.5 Å². The summed E-state index contributed by atoms with van der Waals surface area (Å²) in [5.74, 6) is 1.14. The molecule has 100 valence electrons. The van der Waals surface area contributed by atoms with E-state index >= 15 is 0 Å². The molecule has 3 rings (SSSR count). The molecule has 2 heterocycles. The molecule has 6 heteroatoms. The Labute approximate surface area is 115 Å². The highest BCUT2D eigenvalue weighted by Crippen LogP contribution is 2.22. The fraction of sp³-hybridized carbons (Fsp3) is 0.0714. The van der Waals surface area contributed by atoms with Gasteiger partial charge < -0.3 is 14.9 Å². The third-order valence-electron chi connectivity index (χ3n) is 2.67. The van der Waals surface area contributed by atoms with Crippen molar-refractivity contribution in [1.29, 1.82) is 0 Å². The van der Waals surface area contributed by atoms with Crippen LogP contribution >= 0.6 is 0 Å². The van der Waals surface area contributed by atoms with Crippen LogP contribution in [-0.2, 0) is 6.61 Å². The van der Waals surface area contributed by atoms with E-state index in [1.165, 1.54) is 0 Å². The molecule has 2 aromatic heterocycles. The van der Waals surface area contributed by atoms with Gasteiger partial charge in [-0.15, -0.1) is 5.10 Å². The Balaban J connectivity index is 1.67. The van der Waals surface area contributed by atoms with Crippen LogP contribution < -0.4 is 10.5 Å². The summed E-state index contributed by atoms with van der Waals surface area (Å²) in [5, 5.41) is 7.43. The maximum absolute atomic E-state index is 5.66. The third kappa shape index (κ3) is 2.74. The Hall–Kier alpha value is -2.89. The minimum atomic E-state index is 0.0527. The third-order valence-corrected chi connectivity index (χ3v) is 2.67. The van der Waals surface area contributed by atoms with E-state index in [4.69, 9.17) is 14.9 Å². The second kappa shape index (κ2) is 5.40. The molecule has 1 aromatic carbocycles. The minimum Gasteiger partial charge on any atom is -0.489 e. The lowest BCUT2D eigenvalue weighted by molar-refractivity contribution is 0.306. The van der Waals surface area contributed by atoms with Crippen molar-refractivity contribution in [2.45, 2.75) is 6.61 Å². The first-order valence-corrected chi connectivity index (χ1v) is 6.02. The van der Waals surface area contributed by atoms with Gasteiger partial charge in [0.2, 0.25) is 5.89 Å². The number of anilines is 1. The van der Waals surface area contributed by atoms with Gasteiger partial charge in [-0.3, -0.25) is 4.98 Å². The van der Waals surface area contributed by atoms with Gasteiger partial charge in [0.15, 0.2) is 0 Å². The molecular weight excluding hydrogens is 256 g/mol. The van der Waals surface area contributed by atoms with Crippen LogP contribution in [0, 0.1) is 0 Å². The Morgan fingerprint density at radius 1 is 1.10 bits per heavy atom. The van der Waals surface area contributed by atoms with Crippen LogP contribution in [0.1, 0.15) is 5.56 Å². The molecule has 0 bridgehead atoms. The maximum Gasteiger partial charge on any atom is 0.313 e. The number of nitrogen functional groups attached to an aromatic ring is 1. The van der Waals surface area contributed by atoms with Gasteiger partial charge in [0.25, 0.3) is 0 Å². The van der Waals surface area contributed by atoms with Gasteiger partial charge >= 0.3 is 6.01 Å². The lowest BCUT2D eigenvalue weighted by atomic mass is 10.2. The molecule has 0 saturated heterocycles. The van der Waals surface area contributed by atoms with Crippen LogP contribution in [0.3, 0.4) is 0 Å². The van der Waals surface area contributed by atoms with Crippen LogP contribution in [0.2, 0.25) is 0 Å². The summed E-state index contributed by atoms with van der Waals surface area (Å²) in [6.45, 7) is 0.473. The number of rotatable bonds is 4. The zero-order valence-corrected chi connectivity index (χ0v) is 10.6. The molecule has 3 aromatic rings. The zero-order valence-electron chi connectivity index (χ0n) is 10.6. The highest BCUT2D eigenvalue weighted by atomic mass is 16.5. The summed E-state index contributed by atoms with van der Waals surface area (Å²) in [7, 11) is 0. The van der Waals surface area contributed by atoms with Crippen molar-refractivity contribution in [1.82, 2.24) is 15.2 Å². The van der Waals surface area contributed by atoms with E-state index in [1.54, 1.807) is 12.4 Å². The normalized spacial score (nSPS) is 10.4. The fourth-order valence-corrected chi connectivity index (χ4v) is 1.70. The van der Waals surface area contributed by atoms with Crippen molar-refractivity contribution < 1.29 is 9.15 Å². The molecule has 2 N–H and O–H groups in total. The molecule has 6 nitrogen and oxygen atoms in total. The summed E-state index contributed by atoms with van der Waals surface area (Å²) in [6, 6.07) is 11.2. The maximum atomic E-state index is 5.66. The molecule has 0 aliphatic heterocycles. The quantitative estimate of drug-likeness (QED) is 0.781. The van der Waals surface area contributed by atoms with E-state index in [0.29, 0.717) is 12.5 Å². The van der Waals surface area contributed by atoms with E-state index < -0.39 is 0 Å². The molecule has 0 aliphatic rings. The topological polar surface area (TPSA) is 87.1 Å². The molecule has 0 radical (unpaired) electrons. The predicted octanol–water partition coefficient (Wildman–Crippen LogP) is 2.29. The van der Waals surface area contributed by atoms with E-state index in [0.717, 1.165) is 16.9 Å². The highest BCUT2D eigenvalue weighted by molar-refractivity contribution is 5.54. The summed E-state index contributed by atoms with van der Waals surface area (Å²) in [4.78, 5) is 4.03. The van der Waals surface area contributed by atoms with Gasteiger partial charge in [-0.05, 0) is 30.3 Å². The Morgan fingerprint density at radius 3 is 2.60 bits per heavy atom. The van der Waals surface area contributed by atoms with Crippen LogP contribution in [0.15, 0.2) is 53.2 Å². The average molecular weight is 268 g/mol. The van der Waals surface area contributed by atoms with Crippen molar-refractivity contribution >= 4 is 6.01 Å². The SMILES string of the molecule is Nc1nnc(-c2ccc(OCc3cccnc3)cc2)o1. The van der Waals surface area contributed by atoms with Crippen molar-refractivity contribution in [3.8, 4) is 17.2 Å². The standard InChI is InChI=1S/C14H12N4O2/c15-14-18-17-13(20-14)11-3-5-12(6-4-11)19-9-10-2-1-7-16-8-10/h1-8H,9H2,(H2,15,18). The van der Waals surface area contributed by atoms with E-state index in [2.05, 4.69) is 15.2 Å². The fourth-order valence-electron chi connectivity index (χ4n) is 1.70. The van der Waals surface area contributed by atoms with E-state index in [9.17, 15) is 0 Å². The summed E-state index contributed by atoms with van der Waals surface area (Å²) >= 11 is 0. The van der Waals surface area contributed by atoms with Gasteiger partial charge in [0.1, 0.15) is 12.4 Å². The van der Waals surface area contributed by atoms with Crippen molar-refractivity contribution in [2.24, 2.45) is 0 Å². The molecule has 0 fully saturated rings. The Kier molecular flexibility index (Phi) is 3.28. The number of nitrogens with zero attached hydrogens (tertiary/aromatic N) is 3. The van der Waals surface area contributed by atoms with Crippen molar-refractivity contribution in [2.75, 3.05) is 5.73 Å². The van der Waals surface area contributed by atoms with Crippen molar-refractivity contribution in [3.63, 3.8) is 0 Å². The molecule has 0 atom stereocenters. The van der Waals surface area contributed by atoms with Gasteiger partial charge in [0, 0.05) is 23.5 Å². The van der Waals surface area contributed by atoms with Gasteiger partial charge in [-0.1, -0.05) is 11.2 Å². The molecule has 0 spiro atoms. The summed E-state index contributed by atoms with van der Waals surface area (Å²) in [5.41, 5.74) is 7.20. The summed E-state index contributed by atoms with van der Waals surface area (Å²) < 4.78 is 10.8. The predicted molar refractivity (Wildman–Crippen MR) is 72.7 cm³/mol. The largest absolute Gasteiger partial charge is 0.489 e. The highest BCUT2D eigenvalue weighted by Gasteiger charge is 2.06. The second-order valence-corrected chi connectivity index (χ2v) is 4.12. The lowest BCUT2D eigenvalue weighted by Gasteiger charge is -2.06. The van der Waals surface area contributed by atoms with Gasteiger partial charge in [0.05, 0.1) is 0 Å².